The van der Waals surface area contributed by atoms with Crippen LogP contribution in [0.2, 0.25) is 0 Å². The van der Waals surface area contributed by atoms with E-state index in [1.807, 2.05) is 41.3 Å². The van der Waals surface area contributed by atoms with Crippen molar-refractivity contribution in [2.75, 3.05) is 52.7 Å². The molecule has 1 heterocycles. The van der Waals surface area contributed by atoms with Gasteiger partial charge in [-0.2, -0.15) is 0 Å². The zero-order valence-electron chi connectivity index (χ0n) is 27.5. The molecule has 0 atom stereocenters. The highest BCUT2D eigenvalue weighted by atomic mass is 32.1. The molecule has 9 heteroatoms. The zero-order chi connectivity index (χ0) is 32.2. The van der Waals surface area contributed by atoms with Gasteiger partial charge in [-0.3, -0.25) is 4.90 Å². The summed E-state index contributed by atoms with van der Waals surface area (Å²) >= 11 is 5.91. The summed E-state index contributed by atoms with van der Waals surface area (Å²) in [4.78, 5) is 18.9. The smallest absolute Gasteiger partial charge is 0.319 e. The number of hydrogen-bond donors (Lipinski definition) is 2. The minimum absolute atomic E-state index is 0.206. The Hall–Kier alpha value is -3.98. The lowest BCUT2D eigenvalue weighted by molar-refractivity contribution is 0.252. The number of unbranched alkanes of at least 4 members (excludes halogenated alkanes) is 5. The summed E-state index contributed by atoms with van der Waals surface area (Å²) in [6.07, 6.45) is 7.13. The van der Waals surface area contributed by atoms with Gasteiger partial charge in [-0.15, -0.1) is 0 Å². The van der Waals surface area contributed by atoms with Crippen molar-refractivity contribution in [1.29, 1.82) is 0 Å². The Bertz CT molecular complexity index is 1340. The van der Waals surface area contributed by atoms with E-state index in [1.54, 1.807) is 0 Å². The summed E-state index contributed by atoms with van der Waals surface area (Å²) in [6.45, 7) is 15.1. The lowest BCUT2D eigenvalue weighted by Crippen LogP contribution is -2.32. The molecule has 2 amide bonds. The Balaban J connectivity index is 1.48. The van der Waals surface area contributed by atoms with Crippen LogP contribution in [-0.4, -0.2) is 43.9 Å². The summed E-state index contributed by atoms with van der Waals surface area (Å²) in [7, 11) is 0. The average molecular weight is 632 g/mol. The van der Waals surface area contributed by atoms with Crippen molar-refractivity contribution in [3.05, 3.63) is 60.7 Å². The van der Waals surface area contributed by atoms with Gasteiger partial charge < -0.3 is 29.9 Å². The van der Waals surface area contributed by atoms with Gasteiger partial charge in [0, 0.05) is 61.9 Å². The first kappa shape index (κ1) is 33.9. The molecule has 3 aromatic rings. The van der Waals surface area contributed by atoms with Crippen molar-refractivity contribution in [3.63, 3.8) is 0 Å². The number of anilines is 5. The summed E-state index contributed by atoms with van der Waals surface area (Å²) in [6, 6.07) is 19.5. The normalized spacial score (nSPS) is 11.6. The molecule has 4 rings (SSSR count). The van der Waals surface area contributed by atoms with E-state index in [0.717, 1.165) is 73.3 Å². The predicted molar refractivity (Wildman–Crippen MR) is 192 cm³/mol. The number of benzene rings is 3. The second-order valence-electron chi connectivity index (χ2n) is 11.1. The van der Waals surface area contributed by atoms with Gasteiger partial charge in [-0.1, -0.05) is 39.0 Å². The van der Waals surface area contributed by atoms with Crippen LogP contribution in [0, 0.1) is 0 Å². The molecule has 0 aliphatic carbocycles. The summed E-state index contributed by atoms with van der Waals surface area (Å²) in [5.74, 6) is 2.02. The highest BCUT2D eigenvalue weighted by Gasteiger charge is 2.30. The number of hydrogen-bond acceptors (Lipinski definition) is 6. The van der Waals surface area contributed by atoms with Crippen LogP contribution >= 0.6 is 12.2 Å². The topological polar surface area (TPSA) is 69.3 Å². The second-order valence-corrected chi connectivity index (χ2v) is 11.5. The molecule has 3 aromatic carbocycles. The molecule has 0 saturated heterocycles. The van der Waals surface area contributed by atoms with E-state index in [-0.39, 0.29) is 11.2 Å². The third kappa shape index (κ3) is 8.81. The van der Waals surface area contributed by atoms with Crippen molar-refractivity contribution in [2.24, 2.45) is 0 Å². The Labute approximate surface area is 274 Å². The molecule has 8 nitrogen and oxygen atoms in total. The maximum Gasteiger partial charge on any atom is 0.319 e. The molecule has 0 fully saturated rings. The number of ether oxygens (including phenoxy) is 2. The fourth-order valence-corrected chi connectivity index (χ4v) is 5.88. The fraction of sp³-hybridized carbons (Fsp3) is 0.444. The van der Waals surface area contributed by atoms with Gasteiger partial charge in [0.25, 0.3) is 5.17 Å². The van der Waals surface area contributed by atoms with Gasteiger partial charge in [0.2, 0.25) is 0 Å². The number of carbonyl (C=O) groups is 1. The number of thiocarbonyl (C=S) groups is 1. The van der Waals surface area contributed by atoms with Gasteiger partial charge in [-0.25, -0.2) is 4.79 Å². The first-order valence-electron chi connectivity index (χ1n) is 16.5. The average Bonchev–Trinajstić information content (AvgIpc) is 3.05. The maximum atomic E-state index is 12.4. The van der Waals surface area contributed by atoms with Crippen LogP contribution in [-0.2, 0) is 0 Å². The highest BCUT2D eigenvalue weighted by molar-refractivity contribution is 7.80. The lowest BCUT2D eigenvalue weighted by Gasteiger charge is -2.34. The number of urea groups is 1. The molecule has 0 unspecified atom stereocenters. The van der Waals surface area contributed by atoms with Crippen LogP contribution in [0.25, 0.3) is 0 Å². The fourth-order valence-electron chi connectivity index (χ4n) is 5.59. The first-order valence-corrected chi connectivity index (χ1v) is 17.0. The minimum Gasteiger partial charge on any atom is -0.453 e. The van der Waals surface area contributed by atoms with Gasteiger partial charge in [0.15, 0.2) is 11.5 Å². The van der Waals surface area contributed by atoms with Crippen LogP contribution in [0.1, 0.15) is 73.1 Å². The Morgan fingerprint density at radius 2 is 1.29 bits per heavy atom. The number of rotatable bonds is 15. The number of carbonyl (C=O) groups excluding carboxylic acids is 1. The van der Waals surface area contributed by atoms with E-state index in [4.69, 9.17) is 21.7 Å². The van der Waals surface area contributed by atoms with E-state index in [1.165, 1.54) is 25.7 Å². The van der Waals surface area contributed by atoms with E-state index in [2.05, 4.69) is 79.3 Å². The van der Waals surface area contributed by atoms with Crippen molar-refractivity contribution in [3.8, 4) is 17.2 Å². The molecule has 0 aromatic heterocycles. The van der Waals surface area contributed by atoms with Crippen molar-refractivity contribution < 1.29 is 14.3 Å². The third-order valence-corrected chi connectivity index (χ3v) is 8.43. The molecule has 2 N–H and O–H groups in total. The van der Waals surface area contributed by atoms with E-state index in [0.29, 0.717) is 18.0 Å². The third-order valence-electron chi connectivity index (χ3n) is 8.16. The molecule has 0 radical (unpaired) electrons. The van der Waals surface area contributed by atoms with E-state index in [9.17, 15) is 4.79 Å². The standard InChI is InChI=1S/C36H49N5O3S/c1-6-11-12-13-14-15-24-37-35(42)38-27-16-20-30(21-17-27)43-36(45)41-31-22-18-28(39(7-2)8-3)25-33(31)44-34-26-29(19-23-32(34)41)40(9-4)10-5/h16-23,25-26H,6-15,24H2,1-5H3,(H2,37,38,42). The molecule has 45 heavy (non-hydrogen) atoms. The van der Waals surface area contributed by atoms with Crippen molar-refractivity contribution in [2.45, 2.75) is 73.1 Å². The van der Waals surface area contributed by atoms with Gasteiger partial charge in [0.05, 0.1) is 11.4 Å². The summed E-state index contributed by atoms with van der Waals surface area (Å²) in [5, 5.41) is 6.12. The van der Waals surface area contributed by atoms with Crippen LogP contribution in [0.4, 0.5) is 33.2 Å². The summed E-state index contributed by atoms with van der Waals surface area (Å²) < 4.78 is 12.8. The lowest BCUT2D eigenvalue weighted by atomic mass is 10.1. The van der Waals surface area contributed by atoms with Crippen LogP contribution < -0.4 is 34.8 Å². The predicted octanol–water partition coefficient (Wildman–Crippen LogP) is 9.47. The number of amides is 2. The summed E-state index contributed by atoms with van der Waals surface area (Å²) in [5.41, 5.74) is 4.50. The maximum absolute atomic E-state index is 12.4. The minimum atomic E-state index is -0.206. The molecular formula is C36H49N5O3S. The van der Waals surface area contributed by atoms with Crippen LogP contribution in [0.5, 0.6) is 17.2 Å². The Morgan fingerprint density at radius 1 is 0.756 bits per heavy atom. The van der Waals surface area contributed by atoms with Crippen LogP contribution in [0.15, 0.2) is 60.7 Å². The SMILES string of the molecule is CCCCCCCCNC(=O)Nc1ccc(OC(=S)N2c3ccc(N(CC)CC)cc3Oc3cc(N(CC)CC)ccc32)cc1. The molecular weight excluding hydrogens is 582 g/mol. The highest BCUT2D eigenvalue weighted by Crippen LogP contribution is 2.49. The number of fused-ring (bicyclic) bond motifs is 2. The van der Waals surface area contributed by atoms with Crippen LogP contribution in [0.3, 0.4) is 0 Å². The molecule has 0 spiro atoms. The quantitative estimate of drug-likeness (QED) is 0.128. The second kappa shape index (κ2) is 16.9. The van der Waals surface area contributed by atoms with Crippen molar-refractivity contribution >= 4 is 51.9 Å². The van der Waals surface area contributed by atoms with Crippen molar-refractivity contribution in [1.82, 2.24) is 5.32 Å². The molecule has 1 aliphatic heterocycles. The Kier molecular flexibility index (Phi) is 12.7. The monoisotopic (exact) mass is 631 g/mol. The van der Waals surface area contributed by atoms with E-state index >= 15 is 0 Å². The molecule has 0 bridgehead atoms. The van der Waals surface area contributed by atoms with Gasteiger partial charge in [0.1, 0.15) is 5.75 Å². The number of nitrogens with zero attached hydrogens (tertiary/aromatic N) is 3. The van der Waals surface area contributed by atoms with Gasteiger partial charge in [-0.05, 0) is 94.9 Å². The van der Waals surface area contributed by atoms with Gasteiger partial charge >= 0.3 is 6.03 Å². The zero-order valence-corrected chi connectivity index (χ0v) is 28.3. The largest absolute Gasteiger partial charge is 0.453 e. The molecule has 0 saturated carbocycles. The van der Waals surface area contributed by atoms with E-state index < -0.39 is 0 Å². The Morgan fingerprint density at radius 3 is 1.82 bits per heavy atom. The number of nitrogens with one attached hydrogen (secondary N) is 2. The first-order chi connectivity index (χ1) is 21.9. The molecule has 1 aliphatic rings. The molecule has 242 valence electrons.